The standard InChI is InChI=1S/C14H13F3N2/c1-9-4-2-3-5-11(9)13(18)12-7-6-10(8-19-12)14(15,16)17/h2-8,13H,18H2,1H3. The summed E-state index contributed by atoms with van der Waals surface area (Å²) in [4.78, 5) is 3.82. The van der Waals surface area contributed by atoms with Crippen LogP contribution in [0.25, 0.3) is 0 Å². The van der Waals surface area contributed by atoms with Crippen molar-refractivity contribution in [2.45, 2.75) is 19.1 Å². The lowest BCUT2D eigenvalue weighted by Gasteiger charge is -2.15. The SMILES string of the molecule is Cc1ccccc1C(N)c1ccc(C(F)(F)F)cn1. The van der Waals surface area contributed by atoms with Crippen molar-refractivity contribution in [2.24, 2.45) is 5.73 Å². The molecule has 0 fully saturated rings. The third-order valence-electron chi connectivity index (χ3n) is 2.96. The van der Waals surface area contributed by atoms with Gasteiger partial charge in [0.1, 0.15) is 0 Å². The second-order valence-corrected chi connectivity index (χ2v) is 4.30. The number of hydrogen-bond donors (Lipinski definition) is 1. The Bertz CT molecular complexity index is 562. The number of rotatable bonds is 2. The van der Waals surface area contributed by atoms with Crippen LogP contribution in [0.15, 0.2) is 42.6 Å². The number of aromatic nitrogens is 1. The first-order chi connectivity index (χ1) is 8.89. The second-order valence-electron chi connectivity index (χ2n) is 4.30. The van der Waals surface area contributed by atoms with Crippen molar-refractivity contribution in [1.82, 2.24) is 4.98 Å². The van der Waals surface area contributed by atoms with E-state index in [0.29, 0.717) is 5.69 Å². The third-order valence-corrected chi connectivity index (χ3v) is 2.96. The van der Waals surface area contributed by atoms with Crippen LogP contribution in [-0.2, 0) is 6.18 Å². The van der Waals surface area contributed by atoms with Crippen LogP contribution >= 0.6 is 0 Å². The first-order valence-electron chi connectivity index (χ1n) is 5.74. The Hall–Kier alpha value is -1.88. The maximum atomic E-state index is 12.4. The van der Waals surface area contributed by atoms with E-state index in [9.17, 15) is 13.2 Å². The van der Waals surface area contributed by atoms with Crippen LogP contribution in [0.4, 0.5) is 13.2 Å². The van der Waals surface area contributed by atoms with E-state index >= 15 is 0 Å². The molecule has 2 aromatic rings. The Labute approximate surface area is 109 Å². The van der Waals surface area contributed by atoms with Gasteiger partial charge < -0.3 is 5.73 Å². The fraction of sp³-hybridized carbons (Fsp3) is 0.214. The minimum absolute atomic E-state index is 0.419. The molecular formula is C14H13F3N2. The summed E-state index contributed by atoms with van der Waals surface area (Å²) >= 11 is 0. The topological polar surface area (TPSA) is 38.9 Å². The first-order valence-corrected chi connectivity index (χ1v) is 5.74. The lowest BCUT2D eigenvalue weighted by atomic mass is 9.99. The molecule has 0 aliphatic carbocycles. The third kappa shape index (κ3) is 2.93. The summed E-state index contributed by atoms with van der Waals surface area (Å²) in [7, 11) is 0. The van der Waals surface area contributed by atoms with Crippen LogP contribution in [0.1, 0.15) is 28.4 Å². The Morgan fingerprint density at radius 1 is 1.11 bits per heavy atom. The quantitative estimate of drug-likeness (QED) is 0.904. The van der Waals surface area contributed by atoms with Crippen molar-refractivity contribution in [3.8, 4) is 0 Å². The summed E-state index contributed by atoms with van der Waals surface area (Å²) in [5.41, 5.74) is 7.52. The molecule has 1 aromatic carbocycles. The molecule has 1 heterocycles. The van der Waals surface area contributed by atoms with Gasteiger partial charge in [-0.1, -0.05) is 24.3 Å². The number of benzene rings is 1. The molecule has 0 aliphatic heterocycles. The molecule has 2 nitrogen and oxygen atoms in total. The van der Waals surface area contributed by atoms with E-state index in [1.807, 2.05) is 31.2 Å². The van der Waals surface area contributed by atoms with Gasteiger partial charge in [0.05, 0.1) is 17.3 Å². The zero-order valence-electron chi connectivity index (χ0n) is 10.3. The Balaban J connectivity index is 2.31. The van der Waals surface area contributed by atoms with Crippen LogP contribution < -0.4 is 5.73 Å². The van der Waals surface area contributed by atoms with Gasteiger partial charge in [-0.05, 0) is 30.2 Å². The Kier molecular flexibility index (Phi) is 3.57. The van der Waals surface area contributed by atoms with Gasteiger partial charge >= 0.3 is 6.18 Å². The second kappa shape index (κ2) is 5.01. The van der Waals surface area contributed by atoms with E-state index in [2.05, 4.69) is 4.98 Å². The molecular weight excluding hydrogens is 253 g/mol. The number of halogens is 3. The molecule has 2 N–H and O–H groups in total. The van der Waals surface area contributed by atoms with Crippen molar-refractivity contribution < 1.29 is 13.2 Å². The highest BCUT2D eigenvalue weighted by Gasteiger charge is 2.30. The van der Waals surface area contributed by atoms with Gasteiger partial charge in [0.25, 0.3) is 0 Å². The maximum absolute atomic E-state index is 12.4. The smallest absolute Gasteiger partial charge is 0.319 e. The molecule has 0 aliphatic rings. The first kappa shape index (κ1) is 13.5. The average molecular weight is 266 g/mol. The van der Waals surface area contributed by atoms with Crippen LogP contribution in [0.3, 0.4) is 0 Å². The molecule has 19 heavy (non-hydrogen) atoms. The van der Waals surface area contributed by atoms with Crippen molar-refractivity contribution in [1.29, 1.82) is 0 Å². The predicted molar refractivity (Wildman–Crippen MR) is 66.4 cm³/mol. The minimum Gasteiger partial charge on any atom is -0.319 e. The Morgan fingerprint density at radius 3 is 2.32 bits per heavy atom. The van der Waals surface area contributed by atoms with Crippen molar-refractivity contribution >= 4 is 0 Å². The molecule has 100 valence electrons. The van der Waals surface area contributed by atoms with Gasteiger partial charge in [0.15, 0.2) is 0 Å². The largest absolute Gasteiger partial charge is 0.417 e. The van der Waals surface area contributed by atoms with Gasteiger partial charge in [-0.3, -0.25) is 4.98 Å². The minimum atomic E-state index is -4.38. The highest BCUT2D eigenvalue weighted by Crippen LogP contribution is 2.29. The van der Waals surface area contributed by atoms with Gasteiger partial charge in [-0.15, -0.1) is 0 Å². The molecule has 0 bridgehead atoms. The zero-order valence-corrected chi connectivity index (χ0v) is 10.3. The summed E-state index contributed by atoms with van der Waals surface area (Å²) < 4.78 is 37.3. The molecule has 1 unspecified atom stereocenters. The number of pyridine rings is 1. The molecule has 0 saturated carbocycles. The zero-order chi connectivity index (χ0) is 14.0. The van der Waals surface area contributed by atoms with E-state index < -0.39 is 17.8 Å². The fourth-order valence-corrected chi connectivity index (χ4v) is 1.85. The van der Waals surface area contributed by atoms with Gasteiger partial charge in [0.2, 0.25) is 0 Å². The van der Waals surface area contributed by atoms with E-state index in [-0.39, 0.29) is 0 Å². The van der Waals surface area contributed by atoms with Crippen molar-refractivity contribution in [3.63, 3.8) is 0 Å². The van der Waals surface area contributed by atoms with Crippen LogP contribution in [-0.4, -0.2) is 4.98 Å². The lowest BCUT2D eigenvalue weighted by molar-refractivity contribution is -0.137. The van der Waals surface area contributed by atoms with Gasteiger partial charge in [-0.25, -0.2) is 0 Å². The maximum Gasteiger partial charge on any atom is 0.417 e. The highest BCUT2D eigenvalue weighted by atomic mass is 19.4. The van der Waals surface area contributed by atoms with E-state index in [0.717, 1.165) is 23.4 Å². The summed E-state index contributed by atoms with van der Waals surface area (Å²) in [5, 5.41) is 0. The van der Waals surface area contributed by atoms with E-state index in [1.165, 1.54) is 6.07 Å². The molecule has 5 heteroatoms. The number of aryl methyl sites for hydroxylation is 1. The van der Waals surface area contributed by atoms with E-state index in [1.54, 1.807) is 0 Å². The monoisotopic (exact) mass is 266 g/mol. The summed E-state index contributed by atoms with van der Waals surface area (Å²) in [6.07, 6.45) is -3.56. The Morgan fingerprint density at radius 2 is 1.79 bits per heavy atom. The summed E-state index contributed by atoms with van der Waals surface area (Å²) in [6.45, 7) is 1.90. The van der Waals surface area contributed by atoms with Crippen molar-refractivity contribution in [2.75, 3.05) is 0 Å². The molecule has 2 rings (SSSR count). The number of alkyl halides is 3. The molecule has 1 aromatic heterocycles. The van der Waals surface area contributed by atoms with Crippen LogP contribution in [0.5, 0.6) is 0 Å². The lowest BCUT2D eigenvalue weighted by Crippen LogP contribution is -2.15. The molecule has 0 saturated heterocycles. The van der Waals surface area contributed by atoms with Gasteiger partial charge in [-0.2, -0.15) is 13.2 Å². The summed E-state index contributed by atoms with van der Waals surface area (Å²) in [5.74, 6) is 0. The molecule has 0 spiro atoms. The normalized spacial score (nSPS) is 13.3. The average Bonchev–Trinajstić information content (AvgIpc) is 2.38. The van der Waals surface area contributed by atoms with Crippen LogP contribution in [0.2, 0.25) is 0 Å². The van der Waals surface area contributed by atoms with E-state index in [4.69, 9.17) is 5.73 Å². The fourth-order valence-electron chi connectivity index (χ4n) is 1.85. The number of nitrogens with zero attached hydrogens (tertiary/aromatic N) is 1. The molecule has 1 atom stereocenters. The van der Waals surface area contributed by atoms with Crippen molar-refractivity contribution in [3.05, 3.63) is 65.0 Å². The predicted octanol–water partition coefficient (Wildman–Crippen LogP) is 3.46. The molecule has 0 radical (unpaired) electrons. The number of hydrogen-bond acceptors (Lipinski definition) is 2. The molecule has 0 amide bonds. The van der Waals surface area contributed by atoms with Gasteiger partial charge in [0, 0.05) is 6.20 Å². The summed E-state index contributed by atoms with van der Waals surface area (Å²) in [6, 6.07) is 9.26. The van der Waals surface area contributed by atoms with Crippen LogP contribution in [0, 0.1) is 6.92 Å². The highest BCUT2D eigenvalue weighted by molar-refractivity contribution is 5.34. The number of nitrogens with two attached hydrogens (primary N) is 1.